The van der Waals surface area contributed by atoms with E-state index >= 15 is 0 Å². The van der Waals surface area contributed by atoms with E-state index in [1.807, 2.05) is 6.07 Å². The number of anilines is 6. The van der Waals surface area contributed by atoms with Crippen LogP contribution in [0.3, 0.4) is 0 Å². The molecule has 4 heteroatoms. The third-order valence-electron chi connectivity index (χ3n) is 21.0. The van der Waals surface area contributed by atoms with Gasteiger partial charge in [-0.2, -0.15) is 0 Å². The lowest BCUT2D eigenvalue weighted by Gasteiger charge is -2.31. The Bertz CT molecular complexity index is 6690. The maximum atomic E-state index is 6.99. The SMILES string of the molecule is c1ccc(-c2cccc(-c3ccc(N(c4c(-c5cccc(-c6ccc(-c7ccc(-c8ccc(N(c9c(-c%10ccccc%10)c%10ccccc%10c%10ccccc9%10)c9cccc%10c9oc9ccccc9%10)cc8)cc7)cc6)c5)c5ccccc5c5ccccc45)c4cccc5c4oc4ccccc45)cc3)c2)cc1. The summed E-state index contributed by atoms with van der Waals surface area (Å²) in [5.41, 5.74) is 25.5. The molecule has 0 N–H and O–H groups in total. The molecule has 0 aliphatic heterocycles. The van der Waals surface area contributed by atoms with Crippen LogP contribution in [-0.2, 0) is 0 Å². The third-order valence-corrected chi connectivity index (χ3v) is 21.0. The third kappa shape index (κ3) is 10.2. The molecule has 0 bridgehead atoms. The number of hydrogen-bond acceptors (Lipinski definition) is 4. The molecule has 0 saturated heterocycles. The molecule has 0 unspecified atom stereocenters. The number of hydrogen-bond donors (Lipinski definition) is 0. The number of rotatable bonds is 13. The van der Waals surface area contributed by atoms with Gasteiger partial charge in [0.2, 0.25) is 0 Å². The van der Waals surface area contributed by atoms with Crippen molar-refractivity contribution in [2.24, 2.45) is 0 Å². The van der Waals surface area contributed by atoms with Crippen LogP contribution in [-0.4, -0.2) is 0 Å². The van der Waals surface area contributed by atoms with Gasteiger partial charge in [0.05, 0.1) is 22.7 Å². The molecule has 0 atom stereocenters. The minimum Gasteiger partial charge on any atom is -0.454 e. The number of para-hydroxylation sites is 4. The topological polar surface area (TPSA) is 32.8 Å². The predicted molar refractivity (Wildman–Crippen MR) is 438 cm³/mol. The van der Waals surface area contributed by atoms with E-state index in [1.165, 1.54) is 38.1 Å². The van der Waals surface area contributed by atoms with Crippen LogP contribution >= 0.6 is 0 Å². The molecule has 2 heterocycles. The lowest BCUT2D eigenvalue weighted by atomic mass is 9.88. The van der Waals surface area contributed by atoms with E-state index in [9.17, 15) is 0 Å². The highest BCUT2D eigenvalue weighted by Crippen LogP contribution is 2.54. The van der Waals surface area contributed by atoms with E-state index in [4.69, 9.17) is 8.83 Å². The molecular formula is C100H64N2O2. The maximum Gasteiger partial charge on any atom is 0.159 e. The molecule has 0 amide bonds. The summed E-state index contributed by atoms with van der Waals surface area (Å²) >= 11 is 0. The molecule has 0 spiro atoms. The van der Waals surface area contributed by atoms with Crippen molar-refractivity contribution in [3.63, 3.8) is 0 Å². The van der Waals surface area contributed by atoms with Crippen LogP contribution in [0, 0.1) is 0 Å². The van der Waals surface area contributed by atoms with Gasteiger partial charge in [-0.15, -0.1) is 0 Å². The Morgan fingerprint density at radius 2 is 0.423 bits per heavy atom. The quantitative estimate of drug-likeness (QED) is 0.108. The van der Waals surface area contributed by atoms with E-state index in [0.717, 1.165) is 161 Å². The number of benzene rings is 18. The van der Waals surface area contributed by atoms with Crippen molar-refractivity contribution < 1.29 is 8.83 Å². The van der Waals surface area contributed by atoms with Gasteiger partial charge in [0.15, 0.2) is 11.2 Å². The van der Waals surface area contributed by atoms with E-state index in [0.29, 0.717) is 0 Å². The number of nitrogens with zero attached hydrogens (tertiary/aromatic N) is 2. The zero-order valence-electron chi connectivity index (χ0n) is 56.7. The Hall–Kier alpha value is -13.8. The monoisotopic (exact) mass is 1320 g/mol. The highest BCUT2D eigenvalue weighted by Gasteiger charge is 2.29. The Labute approximate surface area is 602 Å². The average Bonchev–Trinajstić information content (AvgIpc) is 0.887. The van der Waals surface area contributed by atoms with Crippen LogP contribution in [0.1, 0.15) is 0 Å². The summed E-state index contributed by atoms with van der Waals surface area (Å²) in [5, 5.41) is 13.7. The molecule has 0 aliphatic carbocycles. The van der Waals surface area contributed by atoms with E-state index < -0.39 is 0 Å². The van der Waals surface area contributed by atoms with Crippen molar-refractivity contribution >= 4 is 121 Å². The second kappa shape index (κ2) is 25.1. The highest BCUT2D eigenvalue weighted by atomic mass is 16.3. The highest BCUT2D eigenvalue weighted by molar-refractivity contribution is 6.25. The molecule has 486 valence electrons. The van der Waals surface area contributed by atoms with Crippen LogP contribution in [0.2, 0.25) is 0 Å². The zero-order valence-corrected chi connectivity index (χ0v) is 56.7. The van der Waals surface area contributed by atoms with Crippen molar-refractivity contribution in [2.45, 2.75) is 0 Å². The number of fused-ring (bicyclic) bond motifs is 12. The zero-order chi connectivity index (χ0) is 68.6. The van der Waals surface area contributed by atoms with Crippen LogP contribution in [0.5, 0.6) is 0 Å². The summed E-state index contributed by atoms with van der Waals surface area (Å²) in [4.78, 5) is 4.89. The molecule has 18 aromatic carbocycles. The van der Waals surface area contributed by atoms with Crippen molar-refractivity contribution in [1.82, 2.24) is 0 Å². The molecule has 0 saturated carbocycles. The molecule has 0 aliphatic rings. The maximum absolute atomic E-state index is 6.99. The fourth-order valence-electron chi connectivity index (χ4n) is 16.2. The van der Waals surface area contributed by atoms with Gasteiger partial charge in [0.25, 0.3) is 0 Å². The summed E-state index contributed by atoms with van der Waals surface area (Å²) in [6, 6.07) is 141. The first-order chi connectivity index (χ1) is 51.6. The molecule has 2 aromatic heterocycles. The van der Waals surface area contributed by atoms with Gasteiger partial charge in [-0.3, -0.25) is 0 Å². The lowest BCUT2D eigenvalue weighted by molar-refractivity contribution is 0.669. The Kier molecular flexibility index (Phi) is 14.5. The van der Waals surface area contributed by atoms with Gasteiger partial charge in [-0.25, -0.2) is 0 Å². The van der Waals surface area contributed by atoms with Crippen LogP contribution in [0.15, 0.2) is 397 Å². The molecule has 0 fully saturated rings. The summed E-state index contributed by atoms with van der Waals surface area (Å²) in [7, 11) is 0. The largest absolute Gasteiger partial charge is 0.454 e. The van der Waals surface area contributed by atoms with Crippen LogP contribution in [0.4, 0.5) is 34.1 Å². The fourth-order valence-corrected chi connectivity index (χ4v) is 16.2. The normalized spacial score (nSPS) is 11.7. The van der Waals surface area contributed by atoms with E-state index in [2.05, 4.69) is 392 Å². The van der Waals surface area contributed by atoms with Crippen LogP contribution in [0.25, 0.3) is 165 Å². The van der Waals surface area contributed by atoms with Gasteiger partial charge >= 0.3 is 0 Å². The fraction of sp³-hybridized carbons (Fsp3) is 0. The van der Waals surface area contributed by atoms with Gasteiger partial charge in [-0.05, 0) is 160 Å². The number of furan rings is 2. The predicted octanol–water partition coefficient (Wildman–Crippen LogP) is 28.7. The first-order valence-corrected chi connectivity index (χ1v) is 35.6. The minimum absolute atomic E-state index is 0.829. The minimum atomic E-state index is 0.829. The lowest BCUT2D eigenvalue weighted by Crippen LogP contribution is -2.12. The molecule has 104 heavy (non-hydrogen) atoms. The Morgan fingerprint density at radius 3 is 0.837 bits per heavy atom. The van der Waals surface area contributed by atoms with Crippen molar-refractivity contribution in [3.8, 4) is 77.9 Å². The standard InChI is InChI=1S/C100H64N2O2/c1-3-23-65(24-4-1)73-27-19-28-74(63-73)71-57-61-78(62-58-71)102(92-44-22-42-90-84-36-16-18-46-94(84)104-100(90)92)98-88-40-14-10-34-82(88)80-32-8-12-38-86(80)96(98)76-30-20-29-75(64-76)70-53-51-67(52-54-70)66-47-49-68(50-48-66)69-55-59-77(60-56-69)101(91-43-21-41-89-83-35-15-17-45-93(83)103-99(89)91)97-87-39-13-9-33-81(87)79-31-7-11-37-85(79)95(97)72-25-5-2-6-26-72/h1-64H. The first kappa shape index (κ1) is 60.2. The second-order valence-electron chi connectivity index (χ2n) is 26.9. The molecule has 0 radical (unpaired) electrons. The average molecular weight is 1330 g/mol. The summed E-state index contributed by atoms with van der Waals surface area (Å²) in [6.07, 6.45) is 0. The van der Waals surface area contributed by atoms with Crippen molar-refractivity contribution in [3.05, 3.63) is 388 Å². The Balaban J connectivity index is 0.663. The van der Waals surface area contributed by atoms with Gasteiger partial charge in [-0.1, -0.05) is 328 Å². The smallest absolute Gasteiger partial charge is 0.159 e. The van der Waals surface area contributed by atoms with Crippen molar-refractivity contribution in [1.29, 1.82) is 0 Å². The second-order valence-corrected chi connectivity index (χ2v) is 26.9. The summed E-state index contributed by atoms with van der Waals surface area (Å²) in [5.74, 6) is 0. The molecular weight excluding hydrogens is 1260 g/mol. The molecule has 20 aromatic rings. The van der Waals surface area contributed by atoms with E-state index in [-0.39, 0.29) is 0 Å². The Morgan fingerprint density at radius 1 is 0.163 bits per heavy atom. The summed E-state index contributed by atoms with van der Waals surface area (Å²) < 4.78 is 13.9. The van der Waals surface area contributed by atoms with Gasteiger partial charge in [0.1, 0.15) is 11.2 Å². The summed E-state index contributed by atoms with van der Waals surface area (Å²) in [6.45, 7) is 0. The van der Waals surface area contributed by atoms with Crippen molar-refractivity contribution in [2.75, 3.05) is 9.80 Å². The molecule has 4 nitrogen and oxygen atoms in total. The van der Waals surface area contributed by atoms with Gasteiger partial charge in [0, 0.05) is 54.8 Å². The van der Waals surface area contributed by atoms with Crippen LogP contribution < -0.4 is 9.80 Å². The van der Waals surface area contributed by atoms with Gasteiger partial charge < -0.3 is 18.6 Å². The molecule has 20 rings (SSSR count). The first-order valence-electron chi connectivity index (χ1n) is 35.6. The van der Waals surface area contributed by atoms with E-state index in [1.54, 1.807) is 0 Å².